The molecule has 0 aromatic rings. The number of hydrogen-bond acceptors (Lipinski definition) is 2. The van der Waals surface area contributed by atoms with Crippen molar-refractivity contribution in [3.63, 3.8) is 0 Å². The SMILES string of the molecule is CCCCCC=CCC=CCCCCCCCCO[C@H]1C[N+](C)(C)C[C@@H]1OCCCCCCCCC=CCC=CCCCCC.[Cl-]. The predicted molar refractivity (Wildman–Crippen MR) is 200 cm³/mol. The van der Waals surface area contributed by atoms with E-state index in [1.807, 2.05) is 0 Å². The summed E-state index contributed by atoms with van der Waals surface area (Å²) in [6.45, 7) is 8.48. The van der Waals surface area contributed by atoms with Gasteiger partial charge in [0, 0.05) is 13.2 Å². The molecule has 0 bridgehead atoms. The van der Waals surface area contributed by atoms with E-state index in [0.29, 0.717) is 0 Å². The van der Waals surface area contributed by atoms with E-state index >= 15 is 0 Å². The summed E-state index contributed by atoms with van der Waals surface area (Å²) < 4.78 is 13.8. The Morgan fingerprint density at radius 3 is 1.09 bits per heavy atom. The van der Waals surface area contributed by atoms with Crippen LogP contribution in [-0.2, 0) is 9.47 Å². The molecule has 0 N–H and O–H groups in total. The normalized spacial score (nSPS) is 18.2. The van der Waals surface area contributed by atoms with Gasteiger partial charge in [0.2, 0.25) is 0 Å². The van der Waals surface area contributed by atoms with Crippen LogP contribution >= 0.6 is 0 Å². The van der Waals surface area contributed by atoms with Gasteiger partial charge in [-0.15, -0.1) is 0 Å². The van der Waals surface area contributed by atoms with Crippen LogP contribution in [0, 0.1) is 0 Å². The number of nitrogens with zero attached hydrogens (tertiary/aromatic N) is 1. The maximum Gasteiger partial charge on any atom is 0.138 e. The third-order valence-corrected chi connectivity index (χ3v) is 9.12. The van der Waals surface area contributed by atoms with E-state index in [2.05, 4.69) is 76.6 Å². The molecule has 0 aromatic heterocycles. The fourth-order valence-electron chi connectivity index (χ4n) is 6.25. The van der Waals surface area contributed by atoms with Crippen LogP contribution < -0.4 is 12.4 Å². The minimum atomic E-state index is 0. The zero-order valence-electron chi connectivity index (χ0n) is 31.2. The summed E-state index contributed by atoms with van der Waals surface area (Å²) in [6.07, 6.45) is 50.3. The van der Waals surface area contributed by atoms with Crippen LogP contribution in [-0.4, -0.2) is 57.1 Å². The largest absolute Gasteiger partial charge is 1.00 e. The Morgan fingerprint density at radius 2 is 0.739 bits per heavy atom. The molecule has 0 spiro atoms. The molecule has 1 heterocycles. The first kappa shape index (κ1) is 45.1. The van der Waals surface area contributed by atoms with Crippen molar-refractivity contribution in [2.24, 2.45) is 0 Å². The standard InChI is InChI=1S/C42H78NO2.ClH/c1-5-7-9-11-13-15-17-19-21-23-25-27-29-31-33-35-37-44-41-39-43(3,4)40-42(41)45-38-36-34-32-30-28-26-24-22-20-18-16-14-12-10-8-6-2;/h13-16,19-22,41-42H,5-12,17-18,23-40H2,1-4H3;1H/q+1;/p-1/t41-,42-;/m0./s1. The highest BCUT2D eigenvalue weighted by molar-refractivity contribution is 4.93. The van der Waals surface area contributed by atoms with E-state index in [4.69, 9.17) is 9.47 Å². The highest BCUT2D eigenvalue weighted by atomic mass is 35.5. The Balaban J connectivity index is 0.0000202. The van der Waals surface area contributed by atoms with Crippen molar-refractivity contribution in [1.82, 2.24) is 0 Å². The van der Waals surface area contributed by atoms with Gasteiger partial charge in [-0.05, 0) is 77.0 Å². The number of hydrogen-bond donors (Lipinski definition) is 0. The maximum atomic E-state index is 6.39. The van der Waals surface area contributed by atoms with E-state index < -0.39 is 0 Å². The van der Waals surface area contributed by atoms with Gasteiger partial charge in [-0.1, -0.05) is 140 Å². The summed E-state index contributed by atoms with van der Waals surface area (Å²) in [7, 11) is 4.64. The lowest BCUT2D eigenvalue weighted by molar-refractivity contribution is -0.880. The van der Waals surface area contributed by atoms with Crippen molar-refractivity contribution in [3.05, 3.63) is 48.6 Å². The molecule has 0 amide bonds. The molecule has 3 nitrogen and oxygen atoms in total. The number of quaternary nitrogens is 1. The molecular formula is C42H78ClNO2. The summed E-state index contributed by atoms with van der Waals surface area (Å²) in [5.41, 5.74) is 0. The smallest absolute Gasteiger partial charge is 0.138 e. The number of allylic oxidation sites excluding steroid dienone is 8. The number of unbranched alkanes of at least 4 members (excludes halogenated alkanes) is 18. The first-order valence-corrected chi connectivity index (χ1v) is 19.7. The van der Waals surface area contributed by atoms with E-state index in [9.17, 15) is 0 Å². The highest BCUT2D eigenvalue weighted by Crippen LogP contribution is 2.22. The third-order valence-electron chi connectivity index (χ3n) is 9.12. The van der Waals surface area contributed by atoms with Crippen LogP contribution in [0.2, 0.25) is 0 Å². The highest BCUT2D eigenvalue weighted by Gasteiger charge is 2.41. The second-order valence-corrected chi connectivity index (χ2v) is 14.3. The zero-order chi connectivity index (χ0) is 32.5. The fraction of sp³-hybridized carbons (Fsp3) is 0.810. The van der Waals surface area contributed by atoms with Crippen molar-refractivity contribution in [2.45, 2.75) is 180 Å². The zero-order valence-corrected chi connectivity index (χ0v) is 32.0. The molecule has 0 aromatic carbocycles. The van der Waals surface area contributed by atoms with Gasteiger partial charge >= 0.3 is 0 Å². The van der Waals surface area contributed by atoms with E-state index in [1.165, 1.54) is 141 Å². The van der Waals surface area contributed by atoms with Crippen molar-refractivity contribution in [1.29, 1.82) is 0 Å². The number of likely N-dealkylation sites (N-methyl/N-ethyl adjacent to an activating group) is 1. The van der Waals surface area contributed by atoms with Gasteiger partial charge in [0.1, 0.15) is 25.3 Å². The third kappa shape index (κ3) is 29.3. The Bertz CT molecular complexity index is 684. The number of likely N-dealkylation sites (tertiary alicyclic amines) is 1. The van der Waals surface area contributed by atoms with Crippen molar-refractivity contribution < 1.29 is 26.4 Å². The summed E-state index contributed by atoms with van der Waals surface area (Å²) in [5.74, 6) is 0. The number of halogens is 1. The number of ether oxygens (including phenoxy) is 2. The van der Waals surface area contributed by atoms with Gasteiger partial charge in [0.15, 0.2) is 0 Å². The molecule has 0 aliphatic carbocycles. The first-order valence-electron chi connectivity index (χ1n) is 19.7. The molecule has 270 valence electrons. The van der Waals surface area contributed by atoms with Crippen LogP contribution in [0.5, 0.6) is 0 Å². The predicted octanol–water partition coefficient (Wildman–Crippen LogP) is 9.48. The first-order chi connectivity index (χ1) is 22.1. The Labute approximate surface area is 294 Å². The molecule has 0 unspecified atom stereocenters. The van der Waals surface area contributed by atoms with Crippen LogP contribution in [0.25, 0.3) is 0 Å². The van der Waals surface area contributed by atoms with Gasteiger partial charge in [0.05, 0.1) is 14.1 Å². The fourth-order valence-corrected chi connectivity index (χ4v) is 6.25. The van der Waals surface area contributed by atoms with Crippen LogP contribution in [0.4, 0.5) is 0 Å². The van der Waals surface area contributed by atoms with Crippen LogP contribution in [0.3, 0.4) is 0 Å². The minimum Gasteiger partial charge on any atom is -1.00 e. The topological polar surface area (TPSA) is 18.5 Å². The van der Waals surface area contributed by atoms with Gasteiger partial charge in [-0.2, -0.15) is 0 Å². The van der Waals surface area contributed by atoms with Gasteiger partial charge in [-0.25, -0.2) is 0 Å². The minimum absolute atomic E-state index is 0. The lowest BCUT2D eigenvalue weighted by atomic mass is 10.1. The van der Waals surface area contributed by atoms with Crippen molar-refractivity contribution in [2.75, 3.05) is 40.4 Å². The molecule has 2 atom stereocenters. The quantitative estimate of drug-likeness (QED) is 0.0406. The second kappa shape index (κ2) is 34.0. The van der Waals surface area contributed by atoms with Crippen molar-refractivity contribution in [3.8, 4) is 0 Å². The summed E-state index contributed by atoms with van der Waals surface area (Å²) in [5, 5.41) is 0. The van der Waals surface area contributed by atoms with Gasteiger partial charge < -0.3 is 26.4 Å². The Hall–Kier alpha value is -0.870. The second-order valence-electron chi connectivity index (χ2n) is 14.3. The molecule has 1 rings (SSSR count). The Kier molecular flexibility index (Phi) is 33.4. The Morgan fingerprint density at radius 1 is 0.435 bits per heavy atom. The molecule has 0 saturated carbocycles. The molecule has 1 fully saturated rings. The molecule has 0 radical (unpaired) electrons. The lowest BCUT2D eigenvalue weighted by Gasteiger charge is -2.22. The van der Waals surface area contributed by atoms with E-state index in [0.717, 1.165) is 43.6 Å². The van der Waals surface area contributed by atoms with E-state index in [-0.39, 0.29) is 24.6 Å². The molecule has 4 heteroatoms. The van der Waals surface area contributed by atoms with Crippen molar-refractivity contribution >= 4 is 0 Å². The molecule has 1 saturated heterocycles. The van der Waals surface area contributed by atoms with Crippen LogP contribution in [0.1, 0.15) is 168 Å². The average molecular weight is 665 g/mol. The van der Waals surface area contributed by atoms with Gasteiger partial charge in [0.25, 0.3) is 0 Å². The van der Waals surface area contributed by atoms with Crippen LogP contribution in [0.15, 0.2) is 48.6 Å². The molecule has 1 aliphatic heterocycles. The summed E-state index contributed by atoms with van der Waals surface area (Å²) in [6, 6.07) is 0. The number of rotatable bonds is 32. The molecule has 46 heavy (non-hydrogen) atoms. The lowest BCUT2D eigenvalue weighted by Crippen LogP contribution is -3.00. The monoisotopic (exact) mass is 664 g/mol. The maximum absolute atomic E-state index is 6.39. The van der Waals surface area contributed by atoms with E-state index in [1.54, 1.807) is 0 Å². The molecule has 1 aliphatic rings. The van der Waals surface area contributed by atoms with Gasteiger partial charge in [-0.3, -0.25) is 0 Å². The summed E-state index contributed by atoms with van der Waals surface area (Å²) in [4.78, 5) is 0. The molecular weight excluding hydrogens is 586 g/mol. The average Bonchev–Trinajstić information content (AvgIpc) is 3.32. The summed E-state index contributed by atoms with van der Waals surface area (Å²) >= 11 is 0.